The lowest BCUT2D eigenvalue weighted by Gasteiger charge is -2.43. The molecule has 0 bridgehead atoms. The van der Waals surface area contributed by atoms with Crippen LogP contribution in [-0.4, -0.2) is 67.5 Å². The van der Waals surface area contributed by atoms with Crippen LogP contribution in [0.5, 0.6) is 0 Å². The van der Waals surface area contributed by atoms with Gasteiger partial charge in [-0.25, -0.2) is 9.18 Å². The minimum absolute atomic E-state index is 0.0417. The predicted octanol–water partition coefficient (Wildman–Crippen LogP) is 2.15. The zero-order valence-corrected chi connectivity index (χ0v) is 14.9. The van der Waals surface area contributed by atoms with Crippen LogP contribution in [0.2, 0.25) is 0 Å². The average molecular weight is 347 g/mol. The number of nitrogens with one attached hydrogen (secondary N) is 2. The van der Waals surface area contributed by atoms with Gasteiger partial charge in [-0.3, -0.25) is 4.99 Å². The van der Waals surface area contributed by atoms with Gasteiger partial charge in [-0.1, -0.05) is 6.07 Å². The number of halogens is 1. The number of anilines is 1. The fourth-order valence-electron chi connectivity index (χ4n) is 3.47. The number of nitrogens with zero attached hydrogens (tertiary/aromatic N) is 3. The Morgan fingerprint density at radius 2 is 2.12 bits per heavy atom. The maximum atomic E-state index is 13.5. The molecule has 1 aromatic rings. The molecule has 1 aromatic carbocycles. The van der Waals surface area contributed by atoms with E-state index in [1.54, 1.807) is 25.1 Å². The predicted molar refractivity (Wildman–Crippen MR) is 97.6 cm³/mol. The zero-order chi connectivity index (χ0) is 17.9. The molecule has 2 aliphatic rings. The summed E-state index contributed by atoms with van der Waals surface area (Å²) in [5.41, 5.74) is 0.417. The third-order valence-corrected chi connectivity index (χ3v) is 4.88. The summed E-state index contributed by atoms with van der Waals surface area (Å²) in [7, 11) is 3.55. The van der Waals surface area contributed by atoms with Crippen LogP contribution in [0.4, 0.5) is 14.9 Å². The van der Waals surface area contributed by atoms with Crippen molar-refractivity contribution in [2.75, 3.05) is 45.6 Å². The first-order valence-electron chi connectivity index (χ1n) is 8.79. The number of hydrogen-bond donors (Lipinski definition) is 2. The lowest BCUT2D eigenvalue weighted by atomic mass is 9.85. The molecular formula is C18H26FN5O. The van der Waals surface area contributed by atoms with Gasteiger partial charge >= 0.3 is 6.03 Å². The van der Waals surface area contributed by atoms with Gasteiger partial charge in [0.25, 0.3) is 0 Å². The Morgan fingerprint density at radius 3 is 2.80 bits per heavy atom. The molecule has 1 spiro atoms. The standard InChI is InChI=1S/C18H26FN5O/c1-23(2)17(25)24-11-7-18(8-12-24)16(20-9-4-10-21-18)22-15-6-3-5-14(19)13-15/h3,5-6,13,21H,4,7-12H2,1-2H3,(H,20,22). The van der Waals surface area contributed by atoms with Crippen LogP contribution in [0, 0.1) is 5.82 Å². The summed E-state index contributed by atoms with van der Waals surface area (Å²) < 4.78 is 13.5. The second-order valence-corrected chi connectivity index (χ2v) is 6.89. The number of hydrogen-bond acceptors (Lipinski definition) is 4. The van der Waals surface area contributed by atoms with Crippen LogP contribution >= 0.6 is 0 Å². The van der Waals surface area contributed by atoms with E-state index >= 15 is 0 Å². The molecule has 2 amide bonds. The Labute approximate surface area is 148 Å². The molecule has 0 radical (unpaired) electrons. The molecule has 3 rings (SSSR count). The van der Waals surface area contributed by atoms with E-state index in [2.05, 4.69) is 10.6 Å². The van der Waals surface area contributed by atoms with E-state index in [9.17, 15) is 9.18 Å². The van der Waals surface area contributed by atoms with Crippen molar-refractivity contribution in [3.8, 4) is 0 Å². The summed E-state index contributed by atoms with van der Waals surface area (Å²) in [5.74, 6) is 0.584. The molecule has 7 heteroatoms. The largest absolute Gasteiger partial charge is 0.342 e. The van der Waals surface area contributed by atoms with E-state index in [-0.39, 0.29) is 17.4 Å². The first-order chi connectivity index (χ1) is 12.0. The maximum absolute atomic E-state index is 13.5. The Morgan fingerprint density at radius 1 is 1.36 bits per heavy atom. The third kappa shape index (κ3) is 3.92. The maximum Gasteiger partial charge on any atom is 0.319 e. The lowest BCUT2D eigenvalue weighted by Crippen LogP contribution is -2.61. The molecule has 0 aliphatic carbocycles. The number of benzene rings is 1. The normalized spacial score (nSPS) is 20.0. The molecule has 2 heterocycles. The first kappa shape index (κ1) is 17.7. The van der Waals surface area contributed by atoms with E-state index in [1.807, 2.05) is 11.0 Å². The van der Waals surface area contributed by atoms with Gasteiger partial charge in [0.1, 0.15) is 11.7 Å². The Hall–Kier alpha value is -2.15. The van der Waals surface area contributed by atoms with Crippen molar-refractivity contribution in [3.05, 3.63) is 30.1 Å². The second-order valence-electron chi connectivity index (χ2n) is 6.89. The number of aliphatic imine (C=N–C) groups is 1. The van der Waals surface area contributed by atoms with Crippen molar-refractivity contribution >= 4 is 17.6 Å². The van der Waals surface area contributed by atoms with Gasteiger partial charge in [0.2, 0.25) is 0 Å². The van der Waals surface area contributed by atoms with Gasteiger partial charge in [0, 0.05) is 39.4 Å². The zero-order valence-electron chi connectivity index (χ0n) is 14.9. The Bertz CT molecular complexity index is 653. The Balaban J connectivity index is 1.77. The molecule has 0 saturated carbocycles. The highest BCUT2D eigenvalue weighted by Gasteiger charge is 2.41. The molecule has 0 atom stereocenters. The van der Waals surface area contributed by atoms with Gasteiger partial charge < -0.3 is 20.4 Å². The van der Waals surface area contributed by atoms with Gasteiger partial charge in [-0.2, -0.15) is 0 Å². The summed E-state index contributed by atoms with van der Waals surface area (Å²) in [6.07, 6.45) is 2.54. The number of rotatable bonds is 1. The van der Waals surface area contributed by atoms with Gasteiger partial charge in [-0.15, -0.1) is 0 Å². The van der Waals surface area contributed by atoms with Crippen molar-refractivity contribution in [1.82, 2.24) is 15.1 Å². The molecule has 25 heavy (non-hydrogen) atoms. The van der Waals surface area contributed by atoms with Crippen molar-refractivity contribution in [2.24, 2.45) is 4.99 Å². The quantitative estimate of drug-likeness (QED) is 0.818. The summed E-state index contributed by atoms with van der Waals surface area (Å²) in [6, 6.07) is 6.48. The van der Waals surface area contributed by atoms with Crippen molar-refractivity contribution in [3.63, 3.8) is 0 Å². The second kappa shape index (κ2) is 7.39. The molecule has 136 valence electrons. The van der Waals surface area contributed by atoms with Crippen LogP contribution in [0.15, 0.2) is 29.3 Å². The smallest absolute Gasteiger partial charge is 0.319 e. The highest BCUT2D eigenvalue weighted by atomic mass is 19.1. The molecule has 1 saturated heterocycles. The molecule has 1 fully saturated rings. The Kier molecular flexibility index (Phi) is 5.22. The molecular weight excluding hydrogens is 321 g/mol. The number of carbonyl (C=O) groups excluding carboxylic acids is 1. The summed E-state index contributed by atoms with van der Waals surface area (Å²) in [4.78, 5) is 20.4. The molecule has 0 unspecified atom stereocenters. The minimum Gasteiger partial charge on any atom is -0.342 e. The highest BCUT2D eigenvalue weighted by molar-refractivity contribution is 6.03. The van der Waals surface area contributed by atoms with Gasteiger partial charge in [-0.05, 0) is 44.0 Å². The van der Waals surface area contributed by atoms with Crippen LogP contribution in [-0.2, 0) is 0 Å². The molecule has 2 N–H and O–H groups in total. The average Bonchev–Trinajstić information content (AvgIpc) is 2.78. The highest BCUT2D eigenvalue weighted by Crippen LogP contribution is 2.27. The van der Waals surface area contributed by atoms with Crippen molar-refractivity contribution in [2.45, 2.75) is 24.8 Å². The van der Waals surface area contributed by atoms with Crippen LogP contribution in [0.1, 0.15) is 19.3 Å². The monoisotopic (exact) mass is 347 g/mol. The first-order valence-corrected chi connectivity index (χ1v) is 8.79. The van der Waals surface area contributed by atoms with Crippen LogP contribution < -0.4 is 10.6 Å². The summed E-state index contributed by atoms with van der Waals surface area (Å²) in [6.45, 7) is 2.98. The molecule has 0 aromatic heterocycles. The number of carbonyl (C=O) groups is 1. The van der Waals surface area contributed by atoms with E-state index in [1.165, 1.54) is 12.1 Å². The molecule has 6 nitrogen and oxygen atoms in total. The van der Waals surface area contributed by atoms with Crippen molar-refractivity contribution < 1.29 is 9.18 Å². The number of amides is 2. The van der Waals surface area contributed by atoms with Gasteiger partial charge in [0.15, 0.2) is 0 Å². The lowest BCUT2D eigenvalue weighted by molar-refractivity contribution is 0.144. The number of likely N-dealkylation sites (tertiary alicyclic amines) is 1. The number of piperidine rings is 1. The van der Waals surface area contributed by atoms with Crippen LogP contribution in [0.25, 0.3) is 0 Å². The van der Waals surface area contributed by atoms with Crippen molar-refractivity contribution in [1.29, 1.82) is 0 Å². The fourth-order valence-corrected chi connectivity index (χ4v) is 3.47. The van der Waals surface area contributed by atoms with Crippen LogP contribution in [0.3, 0.4) is 0 Å². The van der Waals surface area contributed by atoms with E-state index < -0.39 is 0 Å². The number of amidine groups is 1. The van der Waals surface area contributed by atoms with Gasteiger partial charge in [0.05, 0.1) is 5.54 Å². The molecule has 2 aliphatic heterocycles. The third-order valence-electron chi connectivity index (χ3n) is 4.88. The number of urea groups is 1. The SMILES string of the molecule is CN(C)C(=O)N1CCC2(CC1)NCCCN=C2Nc1cccc(F)c1. The van der Waals surface area contributed by atoms with E-state index in [0.29, 0.717) is 18.8 Å². The fraction of sp³-hybridized carbons (Fsp3) is 0.556. The minimum atomic E-state index is -0.286. The summed E-state index contributed by atoms with van der Waals surface area (Å²) >= 11 is 0. The van der Waals surface area contributed by atoms with E-state index in [4.69, 9.17) is 4.99 Å². The van der Waals surface area contributed by atoms with E-state index in [0.717, 1.165) is 38.2 Å². The summed E-state index contributed by atoms with van der Waals surface area (Å²) in [5, 5.41) is 6.95. The topological polar surface area (TPSA) is 60.0 Å².